The minimum Gasteiger partial charge on any atom is -0.210 e. The molecule has 4 heteroatoms. The molecule has 0 radical (unpaired) electrons. The summed E-state index contributed by atoms with van der Waals surface area (Å²) in [7, 11) is 0. The minimum atomic E-state index is 0.958. The van der Waals surface area contributed by atoms with Crippen molar-refractivity contribution in [3.8, 4) is 5.00 Å². The van der Waals surface area contributed by atoms with Crippen LogP contribution in [0.4, 0.5) is 0 Å². The van der Waals surface area contributed by atoms with Crippen molar-refractivity contribution in [1.82, 2.24) is 15.0 Å². The first-order chi connectivity index (χ1) is 8.24. The van der Waals surface area contributed by atoms with Crippen LogP contribution in [0, 0.1) is 6.92 Å². The summed E-state index contributed by atoms with van der Waals surface area (Å²) in [5.41, 5.74) is 2.39. The molecule has 0 saturated heterocycles. The van der Waals surface area contributed by atoms with Gasteiger partial charge >= 0.3 is 0 Å². The van der Waals surface area contributed by atoms with Gasteiger partial charge in [-0.3, -0.25) is 0 Å². The van der Waals surface area contributed by atoms with E-state index in [9.17, 15) is 0 Å². The molecule has 3 nitrogen and oxygen atoms in total. The second kappa shape index (κ2) is 6.55. The molecule has 0 saturated carbocycles. The molecule has 0 N–H and O–H groups in total. The van der Waals surface area contributed by atoms with Gasteiger partial charge in [-0.1, -0.05) is 32.9 Å². The molecule has 0 aliphatic rings. The number of nitrogens with zero attached hydrogens (tertiary/aromatic N) is 3. The maximum Gasteiger partial charge on any atom is 0.119 e. The number of rotatable bonds is 3. The van der Waals surface area contributed by atoms with Crippen molar-refractivity contribution in [2.45, 2.75) is 47.5 Å². The Hall–Kier alpha value is -1.16. The number of hydrogen-bond donors (Lipinski definition) is 0. The molecule has 0 bridgehead atoms. The van der Waals surface area contributed by atoms with Crippen molar-refractivity contribution in [2.24, 2.45) is 0 Å². The lowest BCUT2D eigenvalue weighted by Crippen LogP contribution is -1.90. The maximum absolute atomic E-state index is 4.09. The highest BCUT2D eigenvalue weighted by molar-refractivity contribution is 7.14. The van der Waals surface area contributed by atoms with E-state index in [1.807, 2.05) is 43.0 Å². The lowest BCUT2D eigenvalue weighted by Gasteiger charge is -1.92. The van der Waals surface area contributed by atoms with Crippen molar-refractivity contribution in [2.75, 3.05) is 0 Å². The molecule has 0 spiro atoms. The van der Waals surface area contributed by atoms with E-state index < -0.39 is 0 Å². The summed E-state index contributed by atoms with van der Waals surface area (Å²) in [6, 6.07) is 2.22. The Labute approximate surface area is 107 Å². The lowest BCUT2D eigenvalue weighted by molar-refractivity contribution is 0.811. The first-order valence-corrected chi connectivity index (χ1v) is 7.07. The summed E-state index contributed by atoms with van der Waals surface area (Å²) in [6.45, 7) is 10.3. The largest absolute Gasteiger partial charge is 0.210 e. The molecule has 2 aromatic rings. The zero-order chi connectivity index (χ0) is 12.8. The van der Waals surface area contributed by atoms with Crippen LogP contribution in [0.3, 0.4) is 0 Å². The Balaban J connectivity index is 0.000000686. The van der Waals surface area contributed by atoms with Crippen molar-refractivity contribution < 1.29 is 0 Å². The fourth-order valence-corrected chi connectivity index (χ4v) is 2.73. The molecular formula is C13H21N3S. The number of aromatic nitrogens is 3. The Morgan fingerprint density at radius 3 is 2.35 bits per heavy atom. The third-order valence-corrected chi connectivity index (χ3v) is 3.73. The predicted octanol–water partition coefficient (Wildman–Crippen LogP) is 3.79. The van der Waals surface area contributed by atoms with Crippen LogP contribution in [0.5, 0.6) is 0 Å². The highest BCUT2D eigenvalue weighted by Crippen LogP contribution is 2.26. The molecule has 2 aromatic heterocycles. The molecule has 0 aromatic carbocycles. The zero-order valence-electron chi connectivity index (χ0n) is 11.3. The number of thiophene rings is 1. The van der Waals surface area contributed by atoms with Gasteiger partial charge in [-0.25, -0.2) is 4.68 Å². The van der Waals surface area contributed by atoms with Gasteiger partial charge in [0.15, 0.2) is 0 Å². The zero-order valence-corrected chi connectivity index (χ0v) is 12.1. The van der Waals surface area contributed by atoms with Gasteiger partial charge in [0.2, 0.25) is 0 Å². The average Bonchev–Trinajstić information content (AvgIpc) is 2.96. The van der Waals surface area contributed by atoms with Gasteiger partial charge in [0.1, 0.15) is 5.00 Å². The predicted molar refractivity (Wildman–Crippen MR) is 74.1 cm³/mol. The van der Waals surface area contributed by atoms with Crippen LogP contribution in [0.2, 0.25) is 0 Å². The van der Waals surface area contributed by atoms with Crippen LogP contribution < -0.4 is 0 Å². The normalized spacial score (nSPS) is 9.94. The molecule has 0 atom stereocenters. The second-order valence-electron chi connectivity index (χ2n) is 3.54. The third kappa shape index (κ3) is 3.16. The Kier molecular flexibility index (Phi) is 5.35. The average molecular weight is 251 g/mol. The van der Waals surface area contributed by atoms with Gasteiger partial charge in [-0.2, -0.15) is 0 Å². The first kappa shape index (κ1) is 13.9. The fourth-order valence-electron chi connectivity index (χ4n) is 1.62. The van der Waals surface area contributed by atoms with Crippen LogP contribution in [-0.2, 0) is 12.8 Å². The number of hydrogen-bond acceptors (Lipinski definition) is 3. The van der Waals surface area contributed by atoms with Gasteiger partial charge < -0.3 is 0 Å². The lowest BCUT2D eigenvalue weighted by atomic mass is 10.2. The molecule has 0 fully saturated rings. The molecule has 0 aliphatic carbocycles. The van der Waals surface area contributed by atoms with Crippen LogP contribution >= 0.6 is 11.3 Å². The van der Waals surface area contributed by atoms with E-state index in [2.05, 4.69) is 30.2 Å². The van der Waals surface area contributed by atoms with Crippen molar-refractivity contribution in [3.63, 3.8) is 0 Å². The number of aryl methyl sites for hydroxylation is 3. The summed E-state index contributed by atoms with van der Waals surface area (Å²) in [5, 5.41) is 9.26. The molecule has 2 rings (SSSR count). The summed E-state index contributed by atoms with van der Waals surface area (Å²) in [5.74, 6) is 0. The summed E-state index contributed by atoms with van der Waals surface area (Å²) < 4.78 is 1.86. The Bertz CT molecular complexity index is 435. The molecule has 17 heavy (non-hydrogen) atoms. The van der Waals surface area contributed by atoms with Crippen molar-refractivity contribution in [1.29, 1.82) is 0 Å². The summed E-state index contributed by atoms with van der Waals surface area (Å²) in [4.78, 5) is 1.46. The standard InChI is InChI=1S/C11H15N3S.C2H6/c1-4-9-6-11(15-10(9)5-2)14-7-8(3)12-13-14;1-2/h6-7H,4-5H2,1-3H3;1-2H3. The topological polar surface area (TPSA) is 30.7 Å². The highest BCUT2D eigenvalue weighted by Gasteiger charge is 2.08. The molecule has 94 valence electrons. The first-order valence-electron chi connectivity index (χ1n) is 6.25. The van der Waals surface area contributed by atoms with Crippen LogP contribution in [0.1, 0.15) is 43.8 Å². The van der Waals surface area contributed by atoms with Gasteiger partial charge in [0.25, 0.3) is 0 Å². The van der Waals surface area contributed by atoms with Crippen LogP contribution in [0.15, 0.2) is 12.3 Å². The molecule has 2 heterocycles. The van der Waals surface area contributed by atoms with Crippen molar-refractivity contribution in [3.05, 3.63) is 28.4 Å². The van der Waals surface area contributed by atoms with E-state index in [0.717, 1.165) is 18.5 Å². The fraction of sp³-hybridized carbons (Fsp3) is 0.538. The molecular weight excluding hydrogens is 230 g/mol. The second-order valence-corrected chi connectivity index (χ2v) is 4.66. The maximum atomic E-state index is 4.09. The quantitative estimate of drug-likeness (QED) is 0.831. The van der Waals surface area contributed by atoms with E-state index in [4.69, 9.17) is 0 Å². The molecule has 0 amide bonds. The van der Waals surface area contributed by atoms with E-state index >= 15 is 0 Å². The Morgan fingerprint density at radius 1 is 1.24 bits per heavy atom. The third-order valence-electron chi connectivity index (χ3n) is 2.42. The van der Waals surface area contributed by atoms with E-state index in [-0.39, 0.29) is 0 Å². The van der Waals surface area contributed by atoms with E-state index in [0.29, 0.717) is 0 Å². The van der Waals surface area contributed by atoms with Gasteiger partial charge in [-0.15, -0.1) is 16.4 Å². The van der Waals surface area contributed by atoms with Gasteiger partial charge in [0.05, 0.1) is 11.9 Å². The monoisotopic (exact) mass is 251 g/mol. The SMILES string of the molecule is CC.CCc1cc(-n2cc(C)nn2)sc1CC. The van der Waals surface area contributed by atoms with Gasteiger partial charge in [-0.05, 0) is 31.4 Å². The minimum absolute atomic E-state index is 0.958. The highest BCUT2D eigenvalue weighted by atomic mass is 32.1. The van der Waals surface area contributed by atoms with Crippen LogP contribution in [-0.4, -0.2) is 15.0 Å². The Morgan fingerprint density at radius 2 is 1.94 bits per heavy atom. The van der Waals surface area contributed by atoms with E-state index in [1.54, 1.807) is 0 Å². The smallest absolute Gasteiger partial charge is 0.119 e. The van der Waals surface area contributed by atoms with Crippen LogP contribution in [0.25, 0.3) is 5.00 Å². The van der Waals surface area contributed by atoms with E-state index in [1.165, 1.54) is 15.4 Å². The summed E-state index contributed by atoms with van der Waals surface area (Å²) in [6.07, 6.45) is 4.15. The molecule has 0 unspecified atom stereocenters. The van der Waals surface area contributed by atoms with Crippen molar-refractivity contribution >= 4 is 11.3 Å². The molecule has 0 aliphatic heterocycles. The summed E-state index contributed by atoms with van der Waals surface area (Å²) >= 11 is 1.81. The van der Waals surface area contributed by atoms with Gasteiger partial charge in [0, 0.05) is 4.88 Å².